The van der Waals surface area contributed by atoms with Crippen LogP contribution in [-0.2, 0) is 9.53 Å². The van der Waals surface area contributed by atoms with Crippen LogP contribution < -0.4 is 5.32 Å². The average Bonchev–Trinajstić information content (AvgIpc) is 2.34. The first-order chi connectivity index (χ1) is 9.30. The van der Waals surface area contributed by atoms with Gasteiger partial charge in [0.2, 0.25) is 5.91 Å². The fourth-order valence-corrected chi connectivity index (χ4v) is 2.89. The maximum absolute atomic E-state index is 11.9. The molecular weight excluding hydrogens is 254 g/mol. The van der Waals surface area contributed by atoms with Crippen molar-refractivity contribution in [1.29, 1.82) is 0 Å². The molecule has 3 unspecified atom stereocenters. The summed E-state index contributed by atoms with van der Waals surface area (Å²) in [4.78, 5) is 11.9. The van der Waals surface area contributed by atoms with Crippen LogP contribution in [0, 0.1) is 11.3 Å². The first-order valence-corrected chi connectivity index (χ1v) is 7.82. The van der Waals surface area contributed by atoms with Crippen LogP contribution in [0.3, 0.4) is 0 Å². The zero-order valence-corrected chi connectivity index (χ0v) is 13.4. The van der Waals surface area contributed by atoms with Gasteiger partial charge in [-0.05, 0) is 30.6 Å². The van der Waals surface area contributed by atoms with Crippen molar-refractivity contribution in [2.75, 3.05) is 13.2 Å². The van der Waals surface area contributed by atoms with E-state index in [1.165, 1.54) is 12.8 Å². The molecule has 20 heavy (non-hydrogen) atoms. The summed E-state index contributed by atoms with van der Waals surface area (Å²) in [5, 5.41) is 12.2. The van der Waals surface area contributed by atoms with Crippen LogP contribution in [0.15, 0.2) is 0 Å². The summed E-state index contributed by atoms with van der Waals surface area (Å²) in [7, 11) is 0. The van der Waals surface area contributed by atoms with Crippen LogP contribution in [0.2, 0.25) is 0 Å². The van der Waals surface area contributed by atoms with Gasteiger partial charge < -0.3 is 15.2 Å². The summed E-state index contributed by atoms with van der Waals surface area (Å²) in [5.74, 6) is 0.578. The van der Waals surface area contributed by atoms with Crippen LogP contribution in [-0.4, -0.2) is 36.4 Å². The average molecular weight is 285 g/mol. The third-order valence-electron chi connectivity index (χ3n) is 3.78. The van der Waals surface area contributed by atoms with Crippen molar-refractivity contribution in [3.05, 3.63) is 0 Å². The predicted octanol–water partition coefficient (Wildman–Crippen LogP) is 2.50. The lowest BCUT2D eigenvalue weighted by atomic mass is 9.88. The van der Waals surface area contributed by atoms with Crippen LogP contribution in [0.5, 0.6) is 0 Å². The fourth-order valence-electron chi connectivity index (χ4n) is 2.89. The molecule has 0 aromatic carbocycles. The van der Waals surface area contributed by atoms with Gasteiger partial charge in [0.1, 0.15) is 6.61 Å². The van der Waals surface area contributed by atoms with E-state index in [9.17, 15) is 9.90 Å². The molecule has 1 fully saturated rings. The Morgan fingerprint density at radius 3 is 2.65 bits per heavy atom. The molecule has 1 saturated carbocycles. The Bertz CT molecular complexity index is 299. The van der Waals surface area contributed by atoms with E-state index in [0.29, 0.717) is 5.92 Å². The Morgan fingerprint density at radius 2 is 2.10 bits per heavy atom. The van der Waals surface area contributed by atoms with Crippen molar-refractivity contribution in [2.24, 2.45) is 11.3 Å². The summed E-state index contributed by atoms with van der Waals surface area (Å²) in [5.41, 5.74) is 0.0837. The topological polar surface area (TPSA) is 58.6 Å². The highest BCUT2D eigenvalue weighted by atomic mass is 16.5. The molecule has 0 saturated heterocycles. The second kappa shape index (κ2) is 7.99. The van der Waals surface area contributed by atoms with Gasteiger partial charge >= 0.3 is 0 Å². The number of aliphatic hydroxyl groups excluding tert-OH is 1. The van der Waals surface area contributed by atoms with Crippen LogP contribution in [0.1, 0.15) is 59.8 Å². The molecule has 1 aliphatic carbocycles. The molecule has 1 amide bonds. The summed E-state index contributed by atoms with van der Waals surface area (Å²) >= 11 is 0. The number of rotatable bonds is 6. The first kappa shape index (κ1) is 17.4. The Labute approximate surface area is 123 Å². The maximum Gasteiger partial charge on any atom is 0.246 e. The van der Waals surface area contributed by atoms with E-state index >= 15 is 0 Å². The molecule has 2 N–H and O–H groups in total. The Hall–Kier alpha value is -0.610. The minimum atomic E-state index is -0.184. The van der Waals surface area contributed by atoms with Gasteiger partial charge in [0.25, 0.3) is 0 Å². The largest absolute Gasteiger partial charge is 0.394 e. The smallest absolute Gasteiger partial charge is 0.246 e. The maximum atomic E-state index is 11.9. The lowest BCUT2D eigenvalue weighted by molar-refractivity contribution is -0.130. The number of ether oxygens (including phenoxy) is 1. The molecule has 1 rings (SSSR count). The number of carbonyl (C=O) groups excluding carboxylic acids is 1. The number of hydrogen-bond donors (Lipinski definition) is 2. The molecule has 0 heterocycles. The normalized spacial score (nSPS) is 25.2. The minimum Gasteiger partial charge on any atom is -0.394 e. The quantitative estimate of drug-likeness (QED) is 0.788. The van der Waals surface area contributed by atoms with Crippen LogP contribution in [0.25, 0.3) is 0 Å². The SMILES string of the molecule is CC1CCCC(OCC(=O)NC(CO)CC(C)(C)C)C1. The predicted molar refractivity (Wildman–Crippen MR) is 80.5 cm³/mol. The molecule has 0 aromatic heterocycles. The lowest BCUT2D eigenvalue weighted by Crippen LogP contribution is -2.42. The van der Waals surface area contributed by atoms with Gasteiger partial charge in [-0.1, -0.05) is 40.5 Å². The Balaban J connectivity index is 2.27. The molecule has 0 aromatic rings. The standard InChI is InChI=1S/C16H31NO3/c1-12-6-5-7-14(8-12)20-11-15(19)17-13(10-18)9-16(2,3)4/h12-14,18H,5-11H2,1-4H3,(H,17,19). The molecule has 1 aliphatic rings. The molecular formula is C16H31NO3. The zero-order chi connectivity index (χ0) is 15.2. The monoisotopic (exact) mass is 285 g/mol. The van der Waals surface area contributed by atoms with Crippen LogP contribution >= 0.6 is 0 Å². The van der Waals surface area contributed by atoms with Gasteiger partial charge in [-0.2, -0.15) is 0 Å². The summed E-state index contributed by atoms with van der Waals surface area (Å²) in [6, 6.07) is -0.184. The number of carbonyl (C=O) groups is 1. The van der Waals surface area contributed by atoms with Crippen molar-refractivity contribution < 1.29 is 14.6 Å². The molecule has 4 heteroatoms. The molecule has 0 spiro atoms. The molecule has 118 valence electrons. The van der Waals surface area contributed by atoms with Gasteiger partial charge in [-0.25, -0.2) is 0 Å². The van der Waals surface area contributed by atoms with Gasteiger partial charge in [-0.15, -0.1) is 0 Å². The molecule has 0 bridgehead atoms. The van der Waals surface area contributed by atoms with Crippen LogP contribution in [0.4, 0.5) is 0 Å². The van der Waals surface area contributed by atoms with Crippen molar-refractivity contribution in [3.8, 4) is 0 Å². The summed E-state index contributed by atoms with van der Waals surface area (Å²) in [6.07, 6.45) is 5.55. The van der Waals surface area contributed by atoms with E-state index < -0.39 is 0 Å². The highest BCUT2D eigenvalue weighted by Gasteiger charge is 2.22. The van der Waals surface area contributed by atoms with Gasteiger partial charge in [0, 0.05) is 0 Å². The second-order valence-electron chi connectivity index (χ2n) is 7.42. The van der Waals surface area contributed by atoms with E-state index in [-0.39, 0.29) is 36.7 Å². The van der Waals surface area contributed by atoms with Crippen molar-refractivity contribution in [2.45, 2.75) is 71.9 Å². The third kappa shape index (κ3) is 7.25. The van der Waals surface area contributed by atoms with Gasteiger partial charge in [-0.3, -0.25) is 4.79 Å². The number of hydrogen-bond acceptors (Lipinski definition) is 3. The van der Waals surface area contributed by atoms with E-state index in [1.807, 2.05) is 0 Å². The van der Waals surface area contributed by atoms with Gasteiger partial charge in [0.05, 0.1) is 18.8 Å². The molecule has 0 radical (unpaired) electrons. The second-order valence-corrected chi connectivity index (χ2v) is 7.42. The summed E-state index contributed by atoms with van der Waals surface area (Å²) in [6.45, 7) is 8.62. The third-order valence-corrected chi connectivity index (χ3v) is 3.78. The van der Waals surface area contributed by atoms with Crippen molar-refractivity contribution >= 4 is 5.91 Å². The minimum absolute atomic E-state index is 0.0243. The van der Waals surface area contributed by atoms with E-state index in [1.54, 1.807) is 0 Å². The molecule has 0 aliphatic heterocycles. The van der Waals surface area contributed by atoms with Gasteiger partial charge in [0.15, 0.2) is 0 Å². The highest BCUT2D eigenvalue weighted by molar-refractivity contribution is 5.77. The van der Waals surface area contributed by atoms with Crippen molar-refractivity contribution in [3.63, 3.8) is 0 Å². The Morgan fingerprint density at radius 1 is 1.40 bits per heavy atom. The molecule has 4 nitrogen and oxygen atoms in total. The Kier molecular flexibility index (Phi) is 6.96. The first-order valence-electron chi connectivity index (χ1n) is 7.82. The highest BCUT2D eigenvalue weighted by Crippen LogP contribution is 2.25. The van der Waals surface area contributed by atoms with E-state index in [0.717, 1.165) is 19.3 Å². The summed E-state index contributed by atoms with van der Waals surface area (Å²) < 4.78 is 5.70. The zero-order valence-electron chi connectivity index (χ0n) is 13.4. The lowest BCUT2D eigenvalue weighted by Gasteiger charge is -2.28. The number of aliphatic hydroxyl groups is 1. The number of amides is 1. The number of nitrogens with one attached hydrogen (secondary N) is 1. The van der Waals surface area contributed by atoms with E-state index in [2.05, 4.69) is 33.0 Å². The molecule has 3 atom stereocenters. The fraction of sp³-hybridized carbons (Fsp3) is 0.938. The van der Waals surface area contributed by atoms with E-state index in [4.69, 9.17) is 4.74 Å². The van der Waals surface area contributed by atoms with Crippen molar-refractivity contribution in [1.82, 2.24) is 5.32 Å².